The molecule has 0 spiro atoms. The molecule has 1 unspecified atom stereocenters. The van der Waals surface area contributed by atoms with Gasteiger partial charge in [0.15, 0.2) is 11.4 Å². The molecule has 6 aromatic rings. The molecule has 12 nitrogen and oxygen atoms in total. The molecule has 1 saturated heterocycles. The minimum atomic E-state index is -0.334. The number of halogens is 1. The van der Waals surface area contributed by atoms with Crippen LogP contribution in [0.15, 0.2) is 95.5 Å². The third kappa shape index (κ3) is 5.95. The highest BCUT2D eigenvalue weighted by Crippen LogP contribution is 2.29. The molecule has 7 rings (SSSR count). The van der Waals surface area contributed by atoms with Crippen molar-refractivity contribution in [2.45, 2.75) is 6.04 Å². The number of aryl methyl sites for hydroxylation is 1. The van der Waals surface area contributed by atoms with Crippen LogP contribution < -0.4 is 5.32 Å². The lowest BCUT2D eigenvalue weighted by atomic mass is 10.0. The third-order valence-electron chi connectivity index (χ3n) is 7.83. The topological polar surface area (TPSA) is 135 Å². The number of benzene rings is 3. The Kier molecular flexibility index (Phi) is 7.72. The molecule has 13 heteroatoms. The molecule has 0 radical (unpaired) electrons. The Labute approximate surface area is 262 Å². The van der Waals surface area contributed by atoms with Gasteiger partial charge in [0.2, 0.25) is 5.89 Å². The first-order valence-corrected chi connectivity index (χ1v) is 14.7. The van der Waals surface area contributed by atoms with E-state index in [9.17, 15) is 14.0 Å². The summed E-state index contributed by atoms with van der Waals surface area (Å²) in [4.78, 5) is 40.4. The van der Waals surface area contributed by atoms with E-state index < -0.39 is 0 Å². The van der Waals surface area contributed by atoms with E-state index in [1.807, 2.05) is 6.07 Å². The Morgan fingerprint density at radius 2 is 1.72 bits per heavy atom. The standard InChI is InChI=1S/C33H28FN9O3/c1-41-39-30(38-40-41)29(21-7-9-24(34)10-8-21)42-15-17-43(18-16-42)33(45)27-19-23(13-14-35-27)32-37-26-20-25(11-12-28(26)46-32)36-31(44)22-5-3-2-4-6-22/h2-14,19-20,29H,15-18H2,1H3,(H,36,44). The summed E-state index contributed by atoms with van der Waals surface area (Å²) in [5.74, 6) is 0.0843. The van der Waals surface area contributed by atoms with Gasteiger partial charge in [-0.1, -0.05) is 30.3 Å². The highest BCUT2D eigenvalue weighted by Gasteiger charge is 2.31. The molecule has 46 heavy (non-hydrogen) atoms. The van der Waals surface area contributed by atoms with Crippen LogP contribution in [0.3, 0.4) is 0 Å². The molecule has 230 valence electrons. The molecule has 0 saturated carbocycles. The average molecular weight is 618 g/mol. The van der Waals surface area contributed by atoms with Crippen LogP contribution in [0, 0.1) is 5.82 Å². The zero-order valence-electron chi connectivity index (χ0n) is 24.7. The quantitative estimate of drug-likeness (QED) is 0.277. The van der Waals surface area contributed by atoms with E-state index in [1.54, 1.807) is 84.9 Å². The van der Waals surface area contributed by atoms with Gasteiger partial charge >= 0.3 is 0 Å². The molecule has 0 aliphatic carbocycles. The number of nitrogens with one attached hydrogen (secondary N) is 1. The molecule has 1 atom stereocenters. The number of anilines is 1. The second-order valence-corrected chi connectivity index (χ2v) is 10.9. The van der Waals surface area contributed by atoms with Crippen molar-refractivity contribution in [3.05, 3.63) is 120 Å². The van der Waals surface area contributed by atoms with Crippen molar-refractivity contribution in [2.75, 3.05) is 31.5 Å². The Morgan fingerprint density at radius 3 is 2.46 bits per heavy atom. The van der Waals surface area contributed by atoms with Crippen molar-refractivity contribution in [3.63, 3.8) is 0 Å². The van der Waals surface area contributed by atoms with Gasteiger partial charge in [0.05, 0.1) is 13.1 Å². The van der Waals surface area contributed by atoms with Crippen LogP contribution in [0.4, 0.5) is 10.1 Å². The van der Waals surface area contributed by atoms with Crippen LogP contribution >= 0.6 is 0 Å². The minimum absolute atomic E-state index is 0.209. The highest BCUT2D eigenvalue weighted by atomic mass is 19.1. The largest absolute Gasteiger partial charge is 0.436 e. The molecule has 1 aliphatic heterocycles. The SMILES string of the molecule is Cn1nnc(C(c2ccc(F)cc2)N2CCN(C(=O)c3cc(-c4nc5cc(NC(=O)c6ccccc6)ccc5o4)ccn3)CC2)n1. The van der Waals surface area contributed by atoms with E-state index in [-0.39, 0.29) is 29.4 Å². The van der Waals surface area contributed by atoms with Gasteiger partial charge in [0.1, 0.15) is 17.0 Å². The molecule has 1 aliphatic rings. The molecule has 1 fully saturated rings. The molecule has 3 aromatic carbocycles. The lowest BCUT2D eigenvalue weighted by Gasteiger charge is -2.38. The Bertz CT molecular complexity index is 2020. The predicted molar refractivity (Wildman–Crippen MR) is 166 cm³/mol. The number of aromatic nitrogens is 6. The first-order valence-electron chi connectivity index (χ1n) is 14.7. The van der Waals surface area contributed by atoms with Crippen LogP contribution in [0.5, 0.6) is 0 Å². The van der Waals surface area contributed by atoms with Gasteiger partial charge in [-0.3, -0.25) is 19.5 Å². The first kappa shape index (κ1) is 28.9. The summed E-state index contributed by atoms with van der Waals surface area (Å²) in [6.45, 7) is 1.98. The van der Waals surface area contributed by atoms with Gasteiger partial charge in [-0.15, -0.1) is 10.2 Å². The minimum Gasteiger partial charge on any atom is -0.436 e. The van der Waals surface area contributed by atoms with Crippen LogP contribution in [-0.2, 0) is 7.05 Å². The zero-order valence-corrected chi connectivity index (χ0v) is 24.7. The Hall–Kier alpha value is -5.82. The van der Waals surface area contributed by atoms with Crippen molar-refractivity contribution in [1.29, 1.82) is 0 Å². The number of nitrogens with zero attached hydrogens (tertiary/aromatic N) is 8. The lowest BCUT2D eigenvalue weighted by Crippen LogP contribution is -2.50. The maximum absolute atomic E-state index is 13.7. The summed E-state index contributed by atoms with van der Waals surface area (Å²) in [6, 6.07) is 23.5. The molecular formula is C33H28FN9O3. The number of carbonyl (C=O) groups excluding carboxylic acids is 2. The maximum Gasteiger partial charge on any atom is 0.272 e. The van der Waals surface area contributed by atoms with E-state index in [0.717, 1.165) is 5.56 Å². The zero-order chi connectivity index (χ0) is 31.6. The fourth-order valence-corrected chi connectivity index (χ4v) is 5.52. The van der Waals surface area contributed by atoms with Crippen LogP contribution in [0.1, 0.15) is 38.3 Å². The second-order valence-electron chi connectivity index (χ2n) is 10.9. The Balaban J connectivity index is 1.05. The smallest absolute Gasteiger partial charge is 0.272 e. The summed E-state index contributed by atoms with van der Waals surface area (Å²) < 4.78 is 19.7. The van der Waals surface area contributed by atoms with Crippen LogP contribution in [0.2, 0.25) is 0 Å². The van der Waals surface area contributed by atoms with Crippen LogP contribution in [0.25, 0.3) is 22.6 Å². The van der Waals surface area contributed by atoms with E-state index in [2.05, 4.69) is 35.6 Å². The molecule has 4 heterocycles. The van der Waals surface area contributed by atoms with Gasteiger partial charge in [-0.25, -0.2) is 9.37 Å². The number of piperazine rings is 1. The molecule has 2 amide bonds. The third-order valence-corrected chi connectivity index (χ3v) is 7.83. The number of amides is 2. The predicted octanol–water partition coefficient (Wildman–Crippen LogP) is 4.35. The summed E-state index contributed by atoms with van der Waals surface area (Å²) in [5.41, 5.74) is 3.96. The highest BCUT2D eigenvalue weighted by molar-refractivity contribution is 6.05. The average Bonchev–Trinajstić information content (AvgIpc) is 3.72. The lowest BCUT2D eigenvalue weighted by molar-refractivity contribution is 0.0586. The summed E-state index contributed by atoms with van der Waals surface area (Å²) >= 11 is 0. The number of hydrogen-bond acceptors (Lipinski definition) is 9. The fraction of sp³-hybridized carbons (Fsp3) is 0.182. The van der Waals surface area contributed by atoms with Crippen molar-refractivity contribution < 1.29 is 18.4 Å². The molecule has 1 N–H and O–H groups in total. The number of fused-ring (bicyclic) bond motifs is 1. The number of pyridine rings is 1. The van der Waals surface area contributed by atoms with E-state index in [4.69, 9.17) is 4.42 Å². The number of hydrogen-bond donors (Lipinski definition) is 1. The number of carbonyl (C=O) groups is 2. The van der Waals surface area contributed by atoms with Crippen molar-refractivity contribution in [1.82, 2.24) is 40.0 Å². The van der Waals surface area contributed by atoms with Crippen molar-refractivity contribution >= 4 is 28.6 Å². The monoisotopic (exact) mass is 617 g/mol. The normalized spacial score (nSPS) is 14.3. The number of tetrazole rings is 1. The van der Waals surface area contributed by atoms with E-state index in [0.29, 0.717) is 65.8 Å². The molecule has 0 bridgehead atoms. The van der Waals surface area contributed by atoms with Gasteiger partial charge in [0, 0.05) is 49.2 Å². The summed E-state index contributed by atoms with van der Waals surface area (Å²) in [7, 11) is 1.70. The van der Waals surface area contributed by atoms with Gasteiger partial charge in [-0.05, 0) is 65.4 Å². The van der Waals surface area contributed by atoms with Crippen molar-refractivity contribution in [3.8, 4) is 11.5 Å². The van der Waals surface area contributed by atoms with E-state index in [1.165, 1.54) is 16.9 Å². The van der Waals surface area contributed by atoms with E-state index >= 15 is 0 Å². The van der Waals surface area contributed by atoms with Gasteiger partial charge in [-0.2, -0.15) is 4.80 Å². The summed E-state index contributed by atoms with van der Waals surface area (Å²) in [6.07, 6.45) is 1.56. The van der Waals surface area contributed by atoms with Gasteiger partial charge < -0.3 is 14.6 Å². The Morgan fingerprint density at radius 1 is 0.935 bits per heavy atom. The fourth-order valence-electron chi connectivity index (χ4n) is 5.52. The maximum atomic E-state index is 13.7. The number of rotatable bonds is 7. The first-order chi connectivity index (χ1) is 22.4. The van der Waals surface area contributed by atoms with Gasteiger partial charge in [0.25, 0.3) is 11.8 Å². The molecular weight excluding hydrogens is 589 g/mol. The molecule has 3 aromatic heterocycles. The van der Waals surface area contributed by atoms with Crippen LogP contribution in [-0.4, -0.2) is 78.0 Å². The second kappa shape index (κ2) is 12.3. The number of oxazole rings is 1. The van der Waals surface area contributed by atoms with Crippen molar-refractivity contribution in [2.24, 2.45) is 7.05 Å². The summed E-state index contributed by atoms with van der Waals surface area (Å²) in [5, 5.41) is 15.5.